The average molecular weight is 260 g/mol. The summed E-state index contributed by atoms with van der Waals surface area (Å²) in [5.74, 6) is 0. The van der Waals surface area contributed by atoms with Crippen LogP contribution < -0.4 is 5.69 Å². The zero-order chi connectivity index (χ0) is 14.2. The molecule has 1 aromatic carbocycles. The Morgan fingerprint density at radius 3 is 2.21 bits per heavy atom. The molecule has 2 aromatic rings. The molecule has 0 saturated carbocycles. The number of carbonyl (C=O) groups is 1. The van der Waals surface area contributed by atoms with Crippen LogP contribution in [-0.4, -0.2) is 20.3 Å². The fourth-order valence-corrected chi connectivity index (χ4v) is 2.04. The molecule has 0 saturated heterocycles. The van der Waals surface area contributed by atoms with Gasteiger partial charge < -0.3 is 5.11 Å². The summed E-state index contributed by atoms with van der Waals surface area (Å²) in [7, 11) is 0. The molecule has 0 bridgehead atoms. The number of hydrogen-bond acceptors (Lipinski definition) is 2. The Morgan fingerprint density at radius 2 is 1.74 bits per heavy atom. The van der Waals surface area contributed by atoms with Gasteiger partial charge in [0, 0.05) is 11.7 Å². The largest absolute Gasteiger partial charge is 0.464 e. The normalized spacial score (nSPS) is 11.5. The first-order valence-electron chi connectivity index (χ1n) is 5.96. The highest BCUT2D eigenvalue weighted by Gasteiger charge is 2.24. The van der Waals surface area contributed by atoms with E-state index in [2.05, 4.69) is 0 Å². The standard InChI is InChI=1S/C14H16N2O3/c1-14(2,3)16-11(10-7-5-4-6-8-10)9-15(12(16)17)13(18)19/h4-9H,1-3H3,(H,18,19). The van der Waals surface area contributed by atoms with Crippen molar-refractivity contribution >= 4 is 6.09 Å². The summed E-state index contributed by atoms with van der Waals surface area (Å²) in [5.41, 5.74) is 0.372. The van der Waals surface area contributed by atoms with Crippen molar-refractivity contribution in [2.45, 2.75) is 26.3 Å². The smallest absolute Gasteiger partial charge is 0.419 e. The lowest BCUT2D eigenvalue weighted by Gasteiger charge is -2.22. The maximum Gasteiger partial charge on any atom is 0.419 e. The summed E-state index contributed by atoms with van der Waals surface area (Å²) >= 11 is 0. The van der Waals surface area contributed by atoms with Crippen molar-refractivity contribution < 1.29 is 9.90 Å². The van der Waals surface area contributed by atoms with E-state index in [1.54, 1.807) is 0 Å². The quantitative estimate of drug-likeness (QED) is 0.857. The van der Waals surface area contributed by atoms with Crippen LogP contribution >= 0.6 is 0 Å². The van der Waals surface area contributed by atoms with Crippen molar-refractivity contribution in [3.63, 3.8) is 0 Å². The first-order valence-corrected chi connectivity index (χ1v) is 5.96. The van der Waals surface area contributed by atoms with Crippen LogP contribution in [0, 0.1) is 0 Å². The maximum atomic E-state index is 12.2. The lowest BCUT2D eigenvalue weighted by molar-refractivity contribution is 0.194. The van der Waals surface area contributed by atoms with E-state index in [0.29, 0.717) is 10.3 Å². The molecule has 5 nitrogen and oxygen atoms in total. The Labute approximate surface area is 110 Å². The van der Waals surface area contributed by atoms with E-state index in [0.717, 1.165) is 5.56 Å². The molecule has 0 amide bonds. The number of hydrogen-bond donors (Lipinski definition) is 1. The van der Waals surface area contributed by atoms with Gasteiger partial charge in [0.05, 0.1) is 5.69 Å². The molecule has 1 N–H and O–H groups in total. The molecule has 0 unspecified atom stereocenters. The van der Waals surface area contributed by atoms with Gasteiger partial charge in [-0.1, -0.05) is 30.3 Å². The van der Waals surface area contributed by atoms with Crippen LogP contribution in [0.2, 0.25) is 0 Å². The summed E-state index contributed by atoms with van der Waals surface area (Å²) < 4.78 is 2.21. The zero-order valence-electron chi connectivity index (χ0n) is 11.1. The molecule has 0 atom stereocenters. The summed E-state index contributed by atoms with van der Waals surface area (Å²) in [6.45, 7) is 5.60. The lowest BCUT2D eigenvalue weighted by atomic mass is 10.1. The van der Waals surface area contributed by atoms with Gasteiger partial charge in [0.25, 0.3) is 0 Å². The summed E-state index contributed by atoms with van der Waals surface area (Å²) in [6.07, 6.45) is 0.0933. The van der Waals surface area contributed by atoms with Gasteiger partial charge in [-0.2, -0.15) is 0 Å². The van der Waals surface area contributed by atoms with Gasteiger partial charge in [-0.25, -0.2) is 14.2 Å². The molecule has 0 aliphatic rings. The number of aromatic nitrogens is 2. The Hall–Kier alpha value is -2.30. The molecular weight excluding hydrogens is 244 g/mol. The van der Waals surface area contributed by atoms with E-state index >= 15 is 0 Å². The van der Waals surface area contributed by atoms with Crippen LogP contribution in [0.4, 0.5) is 4.79 Å². The van der Waals surface area contributed by atoms with Crippen LogP contribution in [0.3, 0.4) is 0 Å². The molecule has 100 valence electrons. The molecule has 0 fully saturated rings. The van der Waals surface area contributed by atoms with Gasteiger partial charge >= 0.3 is 11.8 Å². The molecule has 1 heterocycles. The number of benzene rings is 1. The minimum absolute atomic E-state index is 0.497. The molecular formula is C14H16N2O3. The van der Waals surface area contributed by atoms with Gasteiger partial charge in [0.15, 0.2) is 0 Å². The number of nitrogens with zero attached hydrogens (tertiary/aromatic N) is 2. The number of rotatable bonds is 1. The highest BCUT2D eigenvalue weighted by molar-refractivity contribution is 5.70. The minimum atomic E-state index is -1.27. The minimum Gasteiger partial charge on any atom is -0.464 e. The van der Waals surface area contributed by atoms with Crippen LogP contribution in [0.1, 0.15) is 20.8 Å². The van der Waals surface area contributed by atoms with E-state index in [9.17, 15) is 9.59 Å². The van der Waals surface area contributed by atoms with Crippen molar-refractivity contribution in [1.29, 1.82) is 0 Å². The van der Waals surface area contributed by atoms with Crippen molar-refractivity contribution in [1.82, 2.24) is 9.13 Å². The van der Waals surface area contributed by atoms with Gasteiger partial charge in [0.1, 0.15) is 0 Å². The predicted octanol–water partition coefficient (Wildman–Crippen LogP) is 2.60. The van der Waals surface area contributed by atoms with E-state index in [4.69, 9.17) is 5.11 Å². The summed E-state index contributed by atoms with van der Waals surface area (Å²) in [4.78, 5) is 23.3. The van der Waals surface area contributed by atoms with Crippen LogP contribution in [0.25, 0.3) is 11.3 Å². The Balaban J connectivity index is 2.78. The third-order valence-electron chi connectivity index (χ3n) is 2.84. The SMILES string of the molecule is CC(C)(C)n1c(-c2ccccc2)cn(C(=O)O)c1=O. The highest BCUT2D eigenvalue weighted by atomic mass is 16.4. The molecule has 5 heteroatoms. The second-order valence-electron chi connectivity index (χ2n) is 5.32. The molecule has 19 heavy (non-hydrogen) atoms. The first kappa shape index (κ1) is 13.1. The van der Waals surface area contributed by atoms with Gasteiger partial charge in [-0.3, -0.25) is 4.57 Å². The van der Waals surface area contributed by atoms with Gasteiger partial charge in [0.2, 0.25) is 0 Å². The Bertz CT molecular complexity index is 660. The fraction of sp³-hybridized carbons (Fsp3) is 0.286. The van der Waals surface area contributed by atoms with E-state index in [1.165, 1.54) is 10.8 Å². The Morgan fingerprint density at radius 1 is 1.16 bits per heavy atom. The van der Waals surface area contributed by atoms with Crippen molar-refractivity contribution in [3.05, 3.63) is 47.0 Å². The van der Waals surface area contributed by atoms with Crippen molar-refractivity contribution in [2.75, 3.05) is 0 Å². The second kappa shape index (κ2) is 4.42. The molecule has 0 aliphatic carbocycles. The lowest BCUT2D eigenvalue weighted by Crippen LogP contribution is -2.36. The zero-order valence-corrected chi connectivity index (χ0v) is 11.1. The molecule has 0 radical (unpaired) electrons. The van der Waals surface area contributed by atoms with Crippen LogP contribution in [-0.2, 0) is 5.54 Å². The molecule has 0 spiro atoms. The van der Waals surface area contributed by atoms with Crippen molar-refractivity contribution in [3.8, 4) is 11.3 Å². The Kier molecular flexibility index (Phi) is 3.06. The van der Waals surface area contributed by atoms with Crippen LogP contribution in [0.15, 0.2) is 41.3 Å². The average Bonchev–Trinajstić information content (AvgIpc) is 2.68. The predicted molar refractivity (Wildman–Crippen MR) is 72.5 cm³/mol. The number of carboxylic acid groups (broad SMARTS) is 1. The van der Waals surface area contributed by atoms with E-state index in [-0.39, 0.29) is 0 Å². The molecule has 2 rings (SSSR count). The summed E-state index contributed by atoms with van der Waals surface area (Å²) in [6, 6.07) is 9.28. The maximum absolute atomic E-state index is 12.2. The van der Waals surface area contributed by atoms with Crippen LogP contribution in [0.5, 0.6) is 0 Å². The third kappa shape index (κ3) is 2.31. The second-order valence-corrected chi connectivity index (χ2v) is 5.32. The summed E-state index contributed by atoms with van der Waals surface area (Å²) in [5, 5.41) is 9.07. The van der Waals surface area contributed by atoms with E-state index in [1.807, 2.05) is 51.1 Å². The van der Waals surface area contributed by atoms with E-state index < -0.39 is 17.3 Å². The monoisotopic (exact) mass is 260 g/mol. The number of imidazole rings is 1. The third-order valence-corrected chi connectivity index (χ3v) is 2.84. The van der Waals surface area contributed by atoms with Crippen molar-refractivity contribution in [2.24, 2.45) is 0 Å². The molecule has 0 aliphatic heterocycles. The first-order chi connectivity index (χ1) is 8.82. The topological polar surface area (TPSA) is 64.2 Å². The molecule has 1 aromatic heterocycles. The van der Waals surface area contributed by atoms with Gasteiger partial charge in [-0.15, -0.1) is 0 Å². The fourth-order valence-electron chi connectivity index (χ4n) is 2.04. The van der Waals surface area contributed by atoms with Gasteiger partial charge in [-0.05, 0) is 26.3 Å². The highest BCUT2D eigenvalue weighted by Crippen LogP contribution is 2.24.